The third kappa shape index (κ3) is 2.42. The Bertz CT molecular complexity index is 545. The molecular formula is C13H15NO2S. The second kappa shape index (κ2) is 4.75. The number of thiophene rings is 1. The van der Waals surface area contributed by atoms with Crippen LogP contribution in [0.4, 0.5) is 0 Å². The number of carbonyl (C=O) groups is 1. The molecule has 0 saturated heterocycles. The van der Waals surface area contributed by atoms with Gasteiger partial charge in [-0.05, 0) is 34.5 Å². The maximum absolute atomic E-state index is 11.7. The fourth-order valence-corrected chi connectivity index (χ4v) is 2.59. The molecule has 90 valence electrons. The standard InChI is InChI=1S/C13H15NO2S/c1-14(2)13(15)6-9-8-17-12-5-4-10(16-3)7-11(9)12/h4-5,7-8H,6H2,1-3H3. The number of benzene rings is 1. The Labute approximate surface area is 105 Å². The normalized spacial score (nSPS) is 10.5. The lowest BCUT2D eigenvalue weighted by molar-refractivity contribution is -0.127. The van der Waals surface area contributed by atoms with E-state index in [0.29, 0.717) is 6.42 Å². The van der Waals surface area contributed by atoms with Gasteiger partial charge >= 0.3 is 0 Å². The van der Waals surface area contributed by atoms with E-state index in [1.807, 2.05) is 23.6 Å². The second-order valence-corrected chi connectivity index (χ2v) is 5.00. The van der Waals surface area contributed by atoms with Crippen molar-refractivity contribution in [2.24, 2.45) is 0 Å². The van der Waals surface area contributed by atoms with Crippen LogP contribution in [0.2, 0.25) is 0 Å². The molecule has 0 aliphatic rings. The molecule has 1 aromatic carbocycles. The van der Waals surface area contributed by atoms with Crippen molar-refractivity contribution >= 4 is 27.3 Å². The number of fused-ring (bicyclic) bond motifs is 1. The lowest BCUT2D eigenvalue weighted by Gasteiger charge is -2.09. The Morgan fingerprint density at radius 3 is 2.82 bits per heavy atom. The average Bonchev–Trinajstić information content (AvgIpc) is 2.71. The fourth-order valence-electron chi connectivity index (χ4n) is 1.65. The number of amides is 1. The summed E-state index contributed by atoms with van der Waals surface area (Å²) in [5.74, 6) is 0.946. The largest absolute Gasteiger partial charge is 0.497 e. The first-order valence-corrected chi connectivity index (χ1v) is 6.24. The smallest absolute Gasteiger partial charge is 0.226 e. The van der Waals surface area contributed by atoms with E-state index in [4.69, 9.17) is 4.74 Å². The van der Waals surface area contributed by atoms with Crippen LogP contribution in [0.3, 0.4) is 0 Å². The minimum Gasteiger partial charge on any atom is -0.497 e. The highest BCUT2D eigenvalue weighted by Crippen LogP contribution is 2.29. The lowest BCUT2D eigenvalue weighted by atomic mass is 10.1. The van der Waals surface area contributed by atoms with Gasteiger partial charge in [0.25, 0.3) is 0 Å². The van der Waals surface area contributed by atoms with Gasteiger partial charge in [0.05, 0.1) is 13.5 Å². The number of rotatable bonds is 3. The molecule has 0 unspecified atom stereocenters. The molecule has 1 heterocycles. The Balaban J connectivity index is 2.37. The molecule has 0 fully saturated rings. The first-order valence-electron chi connectivity index (χ1n) is 5.36. The van der Waals surface area contributed by atoms with Gasteiger partial charge < -0.3 is 9.64 Å². The molecule has 1 aromatic heterocycles. The minimum atomic E-state index is 0.118. The number of carbonyl (C=O) groups excluding carboxylic acids is 1. The number of hydrogen-bond donors (Lipinski definition) is 0. The zero-order valence-corrected chi connectivity index (χ0v) is 11.0. The number of methoxy groups -OCH3 is 1. The third-order valence-corrected chi connectivity index (χ3v) is 3.71. The van der Waals surface area contributed by atoms with E-state index in [2.05, 4.69) is 0 Å². The molecule has 2 aromatic rings. The SMILES string of the molecule is COc1ccc2scc(CC(=O)N(C)C)c2c1. The molecule has 3 nitrogen and oxygen atoms in total. The summed E-state index contributed by atoms with van der Waals surface area (Å²) < 4.78 is 6.40. The van der Waals surface area contributed by atoms with Crippen LogP contribution in [0.5, 0.6) is 5.75 Å². The van der Waals surface area contributed by atoms with Gasteiger partial charge in [0.2, 0.25) is 5.91 Å². The Hall–Kier alpha value is -1.55. The maximum atomic E-state index is 11.7. The van der Waals surface area contributed by atoms with E-state index >= 15 is 0 Å². The molecule has 0 atom stereocenters. The van der Waals surface area contributed by atoms with Crippen molar-refractivity contribution in [1.82, 2.24) is 4.90 Å². The van der Waals surface area contributed by atoms with Gasteiger partial charge in [-0.3, -0.25) is 4.79 Å². The highest BCUT2D eigenvalue weighted by Gasteiger charge is 2.11. The summed E-state index contributed by atoms with van der Waals surface area (Å²) in [4.78, 5) is 13.3. The van der Waals surface area contributed by atoms with Crippen LogP contribution in [-0.4, -0.2) is 32.0 Å². The van der Waals surface area contributed by atoms with Crippen molar-refractivity contribution in [2.45, 2.75) is 6.42 Å². The van der Waals surface area contributed by atoms with Crippen LogP contribution in [-0.2, 0) is 11.2 Å². The van der Waals surface area contributed by atoms with E-state index in [-0.39, 0.29) is 5.91 Å². The monoisotopic (exact) mass is 249 g/mol. The van der Waals surface area contributed by atoms with Crippen molar-refractivity contribution in [1.29, 1.82) is 0 Å². The number of nitrogens with zero attached hydrogens (tertiary/aromatic N) is 1. The van der Waals surface area contributed by atoms with Crippen molar-refractivity contribution in [2.75, 3.05) is 21.2 Å². The van der Waals surface area contributed by atoms with Crippen LogP contribution < -0.4 is 4.74 Å². The molecule has 4 heteroatoms. The highest BCUT2D eigenvalue weighted by atomic mass is 32.1. The van der Waals surface area contributed by atoms with Crippen LogP contribution in [0, 0.1) is 0 Å². The third-order valence-electron chi connectivity index (χ3n) is 2.70. The molecule has 0 saturated carbocycles. The quantitative estimate of drug-likeness (QED) is 0.836. The van der Waals surface area contributed by atoms with Crippen LogP contribution in [0.1, 0.15) is 5.56 Å². The van der Waals surface area contributed by atoms with Gasteiger partial charge in [0, 0.05) is 18.8 Å². The van der Waals surface area contributed by atoms with Gasteiger partial charge in [-0.15, -0.1) is 11.3 Å². The topological polar surface area (TPSA) is 29.5 Å². The molecule has 0 N–H and O–H groups in total. The second-order valence-electron chi connectivity index (χ2n) is 4.09. The zero-order valence-electron chi connectivity index (χ0n) is 10.2. The van der Waals surface area contributed by atoms with E-state index in [1.165, 1.54) is 4.70 Å². The summed E-state index contributed by atoms with van der Waals surface area (Å²) in [5.41, 5.74) is 1.07. The number of ether oxygens (including phenoxy) is 1. The van der Waals surface area contributed by atoms with Crippen LogP contribution in [0.15, 0.2) is 23.6 Å². The predicted octanol–water partition coefficient (Wildman–Crippen LogP) is 2.54. The predicted molar refractivity (Wildman–Crippen MR) is 70.8 cm³/mol. The summed E-state index contributed by atoms with van der Waals surface area (Å²) in [7, 11) is 5.20. The summed E-state index contributed by atoms with van der Waals surface area (Å²) in [6.45, 7) is 0. The highest BCUT2D eigenvalue weighted by molar-refractivity contribution is 7.17. The zero-order chi connectivity index (χ0) is 12.4. The van der Waals surface area contributed by atoms with Crippen molar-refractivity contribution in [3.8, 4) is 5.75 Å². The summed E-state index contributed by atoms with van der Waals surface area (Å²) >= 11 is 1.66. The number of likely N-dealkylation sites (N-methyl/N-ethyl adjacent to an activating group) is 1. The fraction of sp³-hybridized carbons (Fsp3) is 0.308. The van der Waals surface area contributed by atoms with Crippen LogP contribution >= 0.6 is 11.3 Å². The molecule has 0 aliphatic heterocycles. The van der Waals surface area contributed by atoms with E-state index in [9.17, 15) is 4.79 Å². The molecule has 17 heavy (non-hydrogen) atoms. The molecule has 1 amide bonds. The molecule has 0 aliphatic carbocycles. The molecule has 0 bridgehead atoms. The van der Waals surface area contributed by atoms with Gasteiger partial charge in [-0.25, -0.2) is 0 Å². The Morgan fingerprint density at radius 2 is 2.18 bits per heavy atom. The average molecular weight is 249 g/mol. The van der Waals surface area contributed by atoms with E-state index < -0.39 is 0 Å². The van der Waals surface area contributed by atoms with Gasteiger partial charge in [-0.2, -0.15) is 0 Å². The first-order chi connectivity index (χ1) is 8.11. The van der Waals surface area contributed by atoms with E-state index in [0.717, 1.165) is 16.7 Å². The van der Waals surface area contributed by atoms with Crippen LogP contribution in [0.25, 0.3) is 10.1 Å². The van der Waals surface area contributed by atoms with Crippen molar-refractivity contribution in [3.05, 3.63) is 29.1 Å². The van der Waals surface area contributed by atoms with Crippen molar-refractivity contribution in [3.63, 3.8) is 0 Å². The molecule has 0 radical (unpaired) electrons. The van der Waals surface area contributed by atoms with E-state index in [1.54, 1.807) is 37.4 Å². The maximum Gasteiger partial charge on any atom is 0.226 e. The van der Waals surface area contributed by atoms with Crippen molar-refractivity contribution < 1.29 is 9.53 Å². The summed E-state index contributed by atoms with van der Waals surface area (Å²) in [5, 5.41) is 3.16. The molecular weight excluding hydrogens is 234 g/mol. The Morgan fingerprint density at radius 1 is 1.41 bits per heavy atom. The Kier molecular flexibility index (Phi) is 3.33. The molecule has 0 spiro atoms. The molecule has 2 rings (SSSR count). The summed E-state index contributed by atoms with van der Waals surface area (Å²) in [6.07, 6.45) is 0.445. The van der Waals surface area contributed by atoms with Gasteiger partial charge in [0.1, 0.15) is 5.75 Å². The summed E-state index contributed by atoms with van der Waals surface area (Å²) in [6, 6.07) is 5.96. The number of hydrogen-bond acceptors (Lipinski definition) is 3. The van der Waals surface area contributed by atoms with Gasteiger partial charge in [0.15, 0.2) is 0 Å². The first kappa shape index (κ1) is 11.9. The minimum absolute atomic E-state index is 0.118. The van der Waals surface area contributed by atoms with Gasteiger partial charge in [-0.1, -0.05) is 0 Å². The lowest BCUT2D eigenvalue weighted by Crippen LogP contribution is -2.23.